The number of nitrogens with zero attached hydrogens (tertiary/aromatic N) is 4. The molecule has 0 saturated carbocycles. The van der Waals surface area contributed by atoms with Gasteiger partial charge in [0, 0.05) is 24.8 Å². The molecule has 1 aliphatic rings. The van der Waals surface area contributed by atoms with Gasteiger partial charge in [0.25, 0.3) is 0 Å². The maximum Gasteiger partial charge on any atom is 0.338 e. The van der Waals surface area contributed by atoms with Crippen LogP contribution in [0.3, 0.4) is 0 Å². The molecule has 0 saturated heterocycles. The standard InChI is InChI=1S/C14H12N4O4/c19-11(20)13(17-7-5-15-9-17)1-2-14(4-3-13,12(21)22)18-8-6-16-10-18/h1-10H,(H,19,20)(H,21,22). The first-order chi connectivity index (χ1) is 10.5. The van der Waals surface area contributed by atoms with Crippen LogP contribution in [0, 0.1) is 0 Å². The van der Waals surface area contributed by atoms with Gasteiger partial charge in [-0.15, -0.1) is 0 Å². The van der Waals surface area contributed by atoms with Crippen molar-refractivity contribution in [2.75, 3.05) is 0 Å². The highest BCUT2D eigenvalue weighted by molar-refractivity contribution is 5.87. The van der Waals surface area contributed by atoms with Crippen LogP contribution < -0.4 is 0 Å². The fourth-order valence-electron chi connectivity index (χ4n) is 2.43. The van der Waals surface area contributed by atoms with E-state index in [2.05, 4.69) is 9.97 Å². The molecule has 8 nitrogen and oxygen atoms in total. The third-order valence-corrected chi connectivity index (χ3v) is 3.73. The zero-order valence-electron chi connectivity index (χ0n) is 11.3. The summed E-state index contributed by atoms with van der Waals surface area (Å²) in [5, 5.41) is 19.2. The van der Waals surface area contributed by atoms with E-state index in [9.17, 15) is 19.8 Å². The quantitative estimate of drug-likeness (QED) is 0.794. The van der Waals surface area contributed by atoms with E-state index in [1.165, 1.54) is 70.9 Å². The largest absolute Gasteiger partial charge is 0.479 e. The van der Waals surface area contributed by atoms with Crippen LogP contribution in [0.2, 0.25) is 0 Å². The molecule has 2 aromatic heterocycles. The molecule has 3 rings (SSSR count). The van der Waals surface area contributed by atoms with Crippen molar-refractivity contribution in [1.82, 2.24) is 19.1 Å². The summed E-state index contributed by atoms with van der Waals surface area (Å²) in [6.45, 7) is 0. The Kier molecular flexibility index (Phi) is 2.94. The van der Waals surface area contributed by atoms with Gasteiger partial charge in [-0.1, -0.05) is 0 Å². The predicted octanol–water partition coefficient (Wildman–Crippen LogP) is 0.466. The summed E-state index contributed by atoms with van der Waals surface area (Å²) in [7, 11) is 0. The molecule has 0 unspecified atom stereocenters. The topological polar surface area (TPSA) is 110 Å². The van der Waals surface area contributed by atoms with Gasteiger partial charge in [-0.05, 0) is 24.3 Å². The monoisotopic (exact) mass is 300 g/mol. The Morgan fingerprint density at radius 1 is 0.773 bits per heavy atom. The highest BCUT2D eigenvalue weighted by atomic mass is 16.4. The average Bonchev–Trinajstić information content (AvgIpc) is 3.20. The van der Waals surface area contributed by atoms with Crippen LogP contribution >= 0.6 is 0 Å². The van der Waals surface area contributed by atoms with Crippen LogP contribution in [0.25, 0.3) is 0 Å². The highest BCUT2D eigenvalue weighted by Crippen LogP contribution is 2.33. The zero-order valence-corrected chi connectivity index (χ0v) is 11.3. The number of carboxylic acids is 2. The number of carboxylic acid groups (broad SMARTS) is 2. The summed E-state index contributed by atoms with van der Waals surface area (Å²) in [5.74, 6) is -2.27. The molecule has 2 N–H and O–H groups in total. The van der Waals surface area contributed by atoms with Crippen molar-refractivity contribution in [2.45, 2.75) is 11.1 Å². The van der Waals surface area contributed by atoms with Crippen LogP contribution in [-0.4, -0.2) is 41.3 Å². The van der Waals surface area contributed by atoms with Gasteiger partial charge >= 0.3 is 11.9 Å². The maximum atomic E-state index is 11.7. The van der Waals surface area contributed by atoms with Crippen molar-refractivity contribution in [3.63, 3.8) is 0 Å². The summed E-state index contributed by atoms with van der Waals surface area (Å²) in [6, 6.07) is 0. The minimum absolute atomic E-state index is 1.14. The average molecular weight is 300 g/mol. The van der Waals surface area contributed by atoms with Crippen LogP contribution in [0.1, 0.15) is 0 Å². The van der Waals surface area contributed by atoms with Crippen LogP contribution in [-0.2, 0) is 20.7 Å². The van der Waals surface area contributed by atoms with Gasteiger partial charge in [0.2, 0.25) is 0 Å². The molecule has 1 aliphatic carbocycles. The van der Waals surface area contributed by atoms with Crippen molar-refractivity contribution >= 4 is 11.9 Å². The van der Waals surface area contributed by atoms with E-state index >= 15 is 0 Å². The zero-order chi connectivity index (χ0) is 15.8. The van der Waals surface area contributed by atoms with Crippen molar-refractivity contribution in [3.05, 3.63) is 61.7 Å². The predicted molar refractivity (Wildman–Crippen MR) is 74.0 cm³/mol. The van der Waals surface area contributed by atoms with E-state index < -0.39 is 23.0 Å². The van der Waals surface area contributed by atoms with E-state index in [0.29, 0.717) is 0 Å². The van der Waals surface area contributed by atoms with E-state index in [1.807, 2.05) is 0 Å². The molecule has 0 aliphatic heterocycles. The van der Waals surface area contributed by atoms with Crippen LogP contribution in [0.5, 0.6) is 0 Å². The SMILES string of the molecule is O=C(O)C1(n2ccnc2)C=CC(C(=O)O)(n2ccnc2)C=C1. The van der Waals surface area contributed by atoms with Gasteiger partial charge in [-0.3, -0.25) is 0 Å². The molecular formula is C14H12N4O4. The fraction of sp³-hybridized carbons (Fsp3) is 0.143. The Bertz CT molecular complexity index is 681. The molecule has 0 spiro atoms. The minimum atomic E-state index is -1.50. The molecule has 8 heteroatoms. The number of rotatable bonds is 4. The lowest BCUT2D eigenvalue weighted by atomic mass is 9.84. The third-order valence-electron chi connectivity index (χ3n) is 3.73. The number of imidazole rings is 2. The highest BCUT2D eigenvalue weighted by Gasteiger charge is 2.44. The number of aromatic nitrogens is 4. The van der Waals surface area contributed by atoms with Crippen molar-refractivity contribution in [1.29, 1.82) is 0 Å². The molecule has 2 heterocycles. The van der Waals surface area contributed by atoms with E-state index in [4.69, 9.17) is 0 Å². The van der Waals surface area contributed by atoms with E-state index in [0.717, 1.165) is 0 Å². The molecule has 0 amide bonds. The van der Waals surface area contributed by atoms with Crippen molar-refractivity contribution in [2.24, 2.45) is 0 Å². The Labute approximate surface area is 124 Å². The Hall–Kier alpha value is -3.16. The normalized spacial score (nSPS) is 26.9. The lowest BCUT2D eigenvalue weighted by molar-refractivity contribution is -0.145. The van der Waals surface area contributed by atoms with Gasteiger partial charge < -0.3 is 19.3 Å². The molecule has 0 bridgehead atoms. The number of carbonyl (C=O) groups is 2. The summed E-state index contributed by atoms with van der Waals surface area (Å²) < 4.78 is 2.78. The van der Waals surface area contributed by atoms with Gasteiger partial charge in [0.15, 0.2) is 11.1 Å². The van der Waals surface area contributed by atoms with Gasteiger partial charge in [-0.2, -0.15) is 0 Å². The molecule has 0 fully saturated rings. The first kappa shape index (κ1) is 13.8. The van der Waals surface area contributed by atoms with Crippen LogP contribution in [0.15, 0.2) is 61.7 Å². The molecule has 0 aromatic carbocycles. The van der Waals surface area contributed by atoms with Crippen molar-refractivity contribution < 1.29 is 19.8 Å². The number of hydrogen-bond donors (Lipinski definition) is 2. The molecule has 22 heavy (non-hydrogen) atoms. The third kappa shape index (κ3) is 1.77. The number of hydrogen-bond acceptors (Lipinski definition) is 4. The minimum Gasteiger partial charge on any atom is -0.479 e. The maximum absolute atomic E-state index is 11.7. The second-order valence-corrected chi connectivity index (χ2v) is 4.87. The Balaban J connectivity index is 2.12. The van der Waals surface area contributed by atoms with Crippen molar-refractivity contribution in [3.8, 4) is 0 Å². The van der Waals surface area contributed by atoms with E-state index in [-0.39, 0.29) is 0 Å². The molecule has 0 atom stereocenters. The molecule has 2 aromatic rings. The molecular weight excluding hydrogens is 288 g/mol. The summed E-state index contributed by atoms with van der Waals surface area (Å²) in [5.41, 5.74) is -3.01. The van der Waals surface area contributed by atoms with Gasteiger partial charge in [0.05, 0.1) is 12.7 Å². The fourth-order valence-corrected chi connectivity index (χ4v) is 2.43. The summed E-state index contributed by atoms with van der Waals surface area (Å²) in [4.78, 5) is 31.1. The molecule has 0 radical (unpaired) electrons. The van der Waals surface area contributed by atoms with E-state index in [1.54, 1.807) is 0 Å². The lowest BCUT2D eigenvalue weighted by Gasteiger charge is -2.33. The van der Waals surface area contributed by atoms with Gasteiger partial charge in [-0.25, -0.2) is 19.6 Å². The summed E-state index contributed by atoms with van der Waals surface area (Å²) >= 11 is 0. The lowest BCUT2D eigenvalue weighted by Crippen LogP contribution is -2.45. The first-order valence-corrected chi connectivity index (χ1v) is 6.36. The first-order valence-electron chi connectivity index (χ1n) is 6.36. The Morgan fingerprint density at radius 2 is 1.14 bits per heavy atom. The molecule has 112 valence electrons. The Morgan fingerprint density at radius 3 is 1.36 bits per heavy atom. The number of aliphatic carboxylic acids is 2. The second kappa shape index (κ2) is 4.69. The smallest absolute Gasteiger partial charge is 0.338 e. The van der Waals surface area contributed by atoms with Gasteiger partial charge in [0.1, 0.15) is 0 Å². The second-order valence-electron chi connectivity index (χ2n) is 4.87. The summed E-state index contributed by atoms with van der Waals surface area (Å²) in [6.07, 6.45) is 14.0. The van der Waals surface area contributed by atoms with Crippen LogP contribution in [0.4, 0.5) is 0 Å².